The summed E-state index contributed by atoms with van der Waals surface area (Å²) in [5.41, 5.74) is 2.97. The van der Waals surface area contributed by atoms with Gasteiger partial charge in [0.25, 0.3) is 0 Å². The number of methoxy groups -OCH3 is 1. The zero-order chi connectivity index (χ0) is 26.0. The molecule has 0 radical (unpaired) electrons. The molecule has 2 aromatic carbocycles. The second-order valence-corrected chi connectivity index (χ2v) is 8.06. The summed E-state index contributed by atoms with van der Waals surface area (Å²) in [4.78, 5) is 23.9. The van der Waals surface area contributed by atoms with Gasteiger partial charge in [0.2, 0.25) is 0 Å². The van der Waals surface area contributed by atoms with Crippen LogP contribution in [0, 0.1) is 6.92 Å². The van der Waals surface area contributed by atoms with Crippen molar-refractivity contribution in [3.63, 3.8) is 0 Å². The lowest BCUT2D eigenvalue weighted by Crippen LogP contribution is -2.09. The van der Waals surface area contributed by atoms with Gasteiger partial charge in [-0.15, -0.1) is 0 Å². The molecule has 0 spiro atoms. The minimum atomic E-state index is -1.07. The zero-order valence-electron chi connectivity index (χ0n) is 20.6. The standard InChI is InChI=1S/C28H27N3O6/c1-19-25(28(32)33)16-30-27(31-19)22-12-24(15-29-14-22)37-18-21-8-9-23(34-2)13-26(21)36-11-10-35-17-20-6-4-3-5-7-20/h3-9,12-16H,10-11,17-18H2,1-2H3,(H,32,33). The summed E-state index contributed by atoms with van der Waals surface area (Å²) < 4.78 is 23.0. The molecule has 0 amide bonds. The van der Waals surface area contributed by atoms with Crippen LogP contribution in [-0.4, -0.2) is 46.4 Å². The minimum Gasteiger partial charge on any atom is -0.497 e. The summed E-state index contributed by atoms with van der Waals surface area (Å²) >= 11 is 0. The topological polar surface area (TPSA) is 113 Å². The van der Waals surface area contributed by atoms with Crippen LogP contribution in [-0.2, 0) is 18.0 Å². The highest BCUT2D eigenvalue weighted by Gasteiger charge is 2.13. The summed E-state index contributed by atoms with van der Waals surface area (Å²) in [5, 5.41) is 9.20. The van der Waals surface area contributed by atoms with E-state index in [1.54, 1.807) is 32.5 Å². The normalized spacial score (nSPS) is 10.6. The second kappa shape index (κ2) is 12.5. The lowest BCUT2D eigenvalue weighted by molar-refractivity contribution is 0.0695. The van der Waals surface area contributed by atoms with E-state index < -0.39 is 5.97 Å². The van der Waals surface area contributed by atoms with E-state index in [4.69, 9.17) is 18.9 Å². The number of nitrogens with zero attached hydrogens (tertiary/aromatic N) is 3. The molecule has 1 N–H and O–H groups in total. The van der Waals surface area contributed by atoms with E-state index in [-0.39, 0.29) is 12.2 Å². The van der Waals surface area contributed by atoms with Crippen LogP contribution in [0.1, 0.15) is 27.2 Å². The average molecular weight is 502 g/mol. The molecule has 2 aromatic heterocycles. The second-order valence-electron chi connectivity index (χ2n) is 8.06. The van der Waals surface area contributed by atoms with Gasteiger partial charge in [0, 0.05) is 29.6 Å². The van der Waals surface area contributed by atoms with Gasteiger partial charge in [-0.2, -0.15) is 0 Å². The number of pyridine rings is 1. The zero-order valence-corrected chi connectivity index (χ0v) is 20.6. The summed E-state index contributed by atoms with van der Waals surface area (Å²) in [6.45, 7) is 3.17. The van der Waals surface area contributed by atoms with Gasteiger partial charge in [-0.05, 0) is 30.7 Å². The van der Waals surface area contributed by atoms with E-state index in [1.807, 2.05) is 48.5 Å². The maximum Gasteiger partial charge on any atom is 0.339 e. The molecular weight excluding hydrogens is 474 g/mol. The fraction of sp³-hybridized carbons (Fsp3) is 0.214. The fourth-order valence-electron chi connectivity index (χ4n) is 3.49. The Morgan fingerprint density at radius 2 is 1.76 bits per heavy atom. The molecule has 0 atom stereocenters. The number of carboxylic acid groups (broad SMARTS) is 1. The third-order valence-corrected chi connectivity index (χ3v) is 5.45. The molecule has 0 aliphatic heterocycles. The Kier molecular flexibility index (Phi) is 8.62. The number of hydrogen-bond acceptors (Lipinski definition) is 8. The van der Waals surface area contributed by atoms with Crippen molar-refractivity contribution in [2.24, 2.45) is 0 Å². The van der Waals surface area contributed by atoms with E-state index in [1.165, 1.54) is 6.20 Å². The summed E-state index contributed by atoms with van der Waals surface area (Å²) in [6, 6.07) is 17.2. The molecule has 0 saturated carbocycles. The number of aromatic carboxylic acids is 1. The first-order valence-electron chi connectivity index (χ1n) is 11.6. The van der Waals surface area contributed by atoms with Crippen LogP contribution in [0.15, 0.2) is 73.2 Å². The van der Waals surface area contributed by atoms with Crippen molar-refractivity contribution in [1.29, 1.82) is 0 Å². The van der Waals surface area contributed by atoms with Gasteiger partial charge in [-0.3, -0.25) is 4.98 Å². The van der Waals surface area contributed by atoms with Crippen molar-refractivity contribution < 1.29 is 28.8 Å². The number of rotatable bonds is 12. The van der Waals surface area contributed by atoms with Gasteiger partial charge in [-0.25, -0.2) is 14.8 Å². The third kappa shape index (κ3) is 7.02. The van der Waals surface area contributed by atoms with Gasteiger partial charge in [0.15, 0.2) is 5.82 Å². The van der Waals surface area contributed by atoms with Crippen molar-refractivity contribution in [2.45, 2.75) is 20.1 Å². The lowest BCUT2D eigenvalue weighted by atomic mass is 10.2. The molecule has 0 fully saturated rings. The highest BCUT2D eigenvalue weighted by molar-refractivity contribution is 5.88. The number of aromatic nitrogens is 3. The van der Waals surface area contributed by atoms with E-state index in [9.17, 15) is 9.90 Å². The Morgan fingerprint density at radius 3 is 2.51 bits per heavy atom. The van der Waals surface area contributed by atoms with Crippen molar-refractivity contribution in [2.75, 3.05) is 20.3 Å². The van der Waals surface area contributed by atoms with Crippen LogP contribution in [0.2, 0.25) is 0 Å². The summed E-state index contributed by atoms with van der Waals surface area (Å²) in [5.74, 6) is 1.11. The molecule has 37 heavy (non-hydrogen) atoms. The predicted molar refractivity (Wildman–Crippen MR) is 136 cm³/mol. The molecular formula is C28H27N3O6. The first-order valence-corrected chi connectivity index (χ1v) is 11.6. The van der Waals surface area contributed by atoms with Crippen molar-refractivity contribution in [1.82, 2.24) is 15.0 Å². The molecule has 2 heterocycles. The molecule has 0 bridgehead atoms. The monoisotopic (exact) mass is 501 g/mol. The molecule has 0 aliphatic rings. The maximum absolute atomic E-state index is 11.2. The number of carboxylic acids is 1. The highest BCUT2D eigenvalue weighted by Crippen LogP contribution is 2.27. The smallest absolute Gasteiger partial charge is 0.339 e. The number of aryl methyl sites for hydroxylation is 1. The van der Waals surface area contributed by atoms with E-state index in [2.05, 4.69) is 15.0 Å². The molecule has 0 unspecified atom stereocenters. The first kappa shape index (κ1) is 25.6. The number of hydrogen-bond donors (Lipinski definition) is 1. The molecule has 0 saturated heterocycles. The molecule has 4 aromatic rings. The van der Waals surface area contributed by atoms with E-state index >= 15 is 0 Å². The Morgan fingerprint density at radius 1 is 0.919 bits per heavy atom. The molecule has 9 heteroatoms. The highest BCUT2D eigenvalue weighted by atomic mass is 16.5. The predicted octanol–water partition coefficient (Wildman–Crippen LogP) is 4.73. The van der Waals surface area contributed by atoms with Gasteiger partial charge >= 0.3 is 5.97 Å². The van der Waals surface area contributed by atoms with Gasteiger partial charge in [-0.1, -0.05) is 30.3 Å². The van der Waals surface area contributed by atoms with E-state index in [0.29, 0.717) is 54.2 Å². The Bertz CT molecular complexity index is 1350. The van der Waals surface area contributed by atoms with Crippen LogP contribution < -0.4 is 14.2 Å². The van der Waals surface area contributed by atoms with Crippen LogP contribution in [0.25, 0.3) is 11.4 Å². The first-order chi connectivity index (χ1) is 18.0. The van der Waals surface area contributed by atoms with Gasteiger partial charge in [0.05, 0.1) is 37.8 Å². The maximum atomic E-state index is 11.2. The molecule has 9 nitrogen and oxygen atoms in total. The van der Waals surface area contributed by atoms with Crippen molar-refractivity contribution in [3.8, 4) is 28.6 Å². The molecule has 4 rings (SSSR count). The fourth-order valence-corrected chi connectivity index (χ4v) is 3.49. The summed E-state index contributed by atoms with van der Waals surface area (Å²) in [7, 11) is 1.60. The van der Waals surface area contributed by atoms with Crippen molar-refractivity contribution in [3.05, 3.63) is 95.6 Å². The third-order valence-electron chi connectivity index (χ3n) is 5.45. The van der Waals surface area contributed by atoms with Crippen LogP contribution >= 0.6 is 0 Å². The number of benzene rings is 2. The van der Waals surface area contributed by atoms with Crippen LogP contribution in [0.5, 0.6) is 17.2 Å². The SMILES string of the molecule is COc1ccc(COc2cncc(-c3ncc(C(=O)O)c(C)n3)c2)c(OCCOCc2ccccc2)c1. The minimum absolute atomic E-state index is 0.0571. The largest absolute Gasteiger partial charge is 0.497 e. The van der Waals surface area contributed by atoms with Gasteiger partial charge in [0.1, 0.15) is 30.5 Å². The Balaban J connectivity index is 1.39. The van der Waals surface area contributed by atoms with Crippen LogP contribution in [0.3, 0.4) is 0 Å². The average Bonchev–Trinajstić information content (AvgIpc) is 2.92. The number of carbonyl (C=O) groups is 1. The molecule has 190 valence electrons. The lowest BCUT2D eigenvalue weighted by Gasteiger charge is -2.14. The summed E-state index contributed by atoms with van der Waals surface area (Å²) in [6.07, 6.45) is 4.47. The Labute approximate surface area is 214 Å². The Hall–Kier alpha value is -4.50. The number of ether oxygens (including phenoxy) is 4. The van der Waals surface area contributed by atoms with Gasteiger partial charge < -0.3 is 24.1 Å². The van der Waals surface area contributed by atoms with Crippen LogP contribution in [0.4, 0.5) is 0 Å². The quantitative estimate of drug-likeness (QED) is 0.275. The van der Waals surface area contributed by atoms with Crippen molar-refractivity contribution >= 4 is 5.97 Å². The molecule has 0 aliphatic carbocycles. The van der Waals surface area contributed by atoms with E-state index in [0.717, 1.165) is 11.1 Å².